The molecule has 0 atom stereocenters. The third kappa shape index (κ3) is 5.95. The van der Waals surface area contributed by atoms with Crippen molar-refractivity contribution >= 4 is 42.4 Å². The first-order valence-corrected chi connectivity index (χ1v) is 13.4. The molecule has 182 valence electrons. The van der Waals surface area contributed by atoms with Gasteiger partial charge in [-0.05, 0) is 60.5 Å². The van der Waals surface area contributed by atoms with E-state index < -0.39 is 9.84 Å². The maximum Gasteiger partial charge on any atom is 0.229 e. The Hall–Kier alpha value is -3.50. The average Bonchev–Trinajstić information content (AvgIpc) is 3.30. The lowest BCUT2D eigenvalue weighted by atomic mass is 10.2. The van der Waals surface area contributed by atoms with Gasteiger partial charge in [-0.25, -0.2) is 13.4 Å². The van der Waals surface area contributed by atoms with E-state index in [1.165, 1.54) is 30.6 Å². The monoisotopic (exact) mass is 511 g/mol. The Bertz CT molecular complexity index is 1400. The van der Waals surface area contributed by atoms with Crippen molar-refractivity contribution in [1.29, 1.82) is 0 Å². The maximum absolute atomic E-state index is 13.3. The number of ether oxygens (including phenoxy) is 2. The number of carbonyl (C=O) groups is 1. The average molecular weight is 512 g/mol. The molecule has 10 heteroatoms. The first-order chi connectivity index (χ1) is 16.9. The summed E-state index contributed by atoms with van der Waals surface area (Å²) in [5, 5.41) is 0.542. The number of thiazole rings is 1. The van der Waals surface area contributed by atoms with Crippen LogP contribution in [0.5, 0.6) is 11.5 Å². The van der Waals surface area contributed by atoms with Crippen molar-refractivity contribution in [3.8, 4) is 11.5 Å². The van der Waals surface area contributed by atoms with E-state index in [4.69, 9.17) is 9.47 Å². The standard InChI is InChI=1S/C25H25N3O5S2/c1-32-19-7-10-21(11-8-19)35(30,31)14-4-6-24(29)28(17-18-5-3-13-26-16-18)25-27-22-12-9-20(33-2)15-23(22)34-25/h3,5,7-13,15-16H,4,6,14,17H2,1-2H3. The van der Waals surface area contributed by atoms with Gasteiger partial charge in [-0.2, -0.15) is 0 Å². The Kier molecular flexibility index (Phi) is 7.62. The van der Waals surface area contributed by atoms with E-state index in [0.717, 1.165) is 15.8 Å². The fraction of sp³-hybridized carbons (Fsp3) is 0.240. The van der Waals surface area contributed by atoms with Crippen LogP contribution < -0.4 is 14.4 Å². The predicted molar refractivity (Wildman–Crippen MR) is 136 cm³/mol. The summed E-state index contributed by atoms with van der Waals surface area (Å²) in [4.78, 5) is 23.9. The van der Waals surface area contributed by atoms with Gasteiger partial charge in [0.05, 0.1) is 41.6 Å². The zero-order chi connectivity index (χ0) is 24.8. The summed E-state index contributed by atoms with van der Waals surface area (Å²) < 4.78 is 36.7. The number of amides is 1. The quantitative estimate of drug-likeness (QED) is 0.309. The summed E-state index contributed by atoms with van der Waals surface area (Å²) in [5.74, 6) is 0.952. The van der Waals surface area contributed by atoms with E-state index in [9.17, 15) is 13.2 Å². The van der Waals surface area contributed by atoms with E-state index >= 15 is 0 Å². The van der Waals surface area contributed by atoms with Gasteiger partial charge < -0.3 is 9.47 Å². The number of methoxy groups -OCH3 is 2. The summed E-state index contributed by atoms with van der Waals surface area (Å²) in [7, 11) is -0.401. The fourth-order valence-electron chi connectivity index (χ4n) is 3.52. The van der Waals surface area contributed by atoms with Crippen molar-refractivity contribution < 1.29 is 22.7 Å². The molecule has 2 heterocycles. The van der Waals surface area contributed by atoms with Gasteiger partial charge in [0.2, 0.25) is 5.91 Å². The van der Waals surface area contributed by atoms with Gasteiger partial charge in [-0.3, -0.25) is 14.7 Å². The molecule has 0 saturated heterocycles. The van der Waals surface area contributed by atoms with Crippen LogP contribution in [0.3, 0.4) is 0 Å². The second-order valence-corrected chi connectivity index (χ2v) is 10.9. The smallest absolute Gasteiger partial charge is 0.229 e. The predicted octanol–water partition coefficient (Wildman–Crippen LogP) is 4.50. The van der Waals surface area contributed by atoms with E-state index in [1.807, 2.05) is 30.3 Å². The minimum atomic E-state index is -3.52. The third-order valence-electron chi connectivity index (χ3n) is 5.40. The number of nitrogens with zero attached hydrogens (tertiary/aromatic N) is 3. The van der Waals surface area contributed by atoms with Crippen LogP contribution in [-0.2, 0) is 21.2 Å². The number of hydrogen-bond donors (Lipinski definition) is 0. The zero-order valence-electron chi connectivity index (χ0n) is 19.4. The molecule has 0 radical (unpaired) electrons. The lowest BCUT2D eigenvalue weighted by Crippen LogP contribution is -2.30. The Balaban J connectivity index is 1.51. The number of rotatable bonds is 10. The number of benzene rings is 2. The molecule has 0 aliphatic carbocycles. The summed E-state index contributed by atoms with van der Waals surface area (Å²) in [5.41, 5.74) is 1.61. The molecule has 0 unspecified atom stereocenters. The minimum absolute atomic E-state index is 0.0644. The molecule has 0 saturated carbocycles. The first-order valence-electron chi connectivity index (χ1n) is 10.9. The second-order valence-electron chi connectivity index (χ2n) is 7.77. The van der Waals surface area contributed by atoms with E-state index in [2.05, 4.69) is 9.97 Å². The molecule has 1 amide bonds. The number of fused-ring (bicyclic) bond motifs is 1. The van der Waals surface area contributed by atoms with Crippen molar-refractivity contribution in [3.63, 3.8) is 0 Å². The van der Waals surface area contributed by atoms with Gasteiger partial charge >= 0.3 is 0 Å². The third-order valence-corrected chi connectivity index (χ3v) is 8.26. The van der Waals surface area contributed by atoms with Crippen LogP contribution in [0.4, 0.5) is 5.13 Å². The van der Waals surface area contributed by atoms with Gasteiger partial charge in [0, 0.05) is 18.8 Å². The highest BCUT2D eigenvalue weighted by molar-refractivity contribution is 7.91. The maximum atomic E-state index is 13.3. The molecular weight excluding hydrogens is 486 g/mol. The van der Waals surface area contributed by atoms with Crippen molar-refractivity contribution in [3.05, 3.63) is 72.6 Å². The number of pyridine rings is 1. The summed E-state index contributed by atoms with van der Waals surface area (Å²) >= 11 is 1.39. The normalized spacial score (nSPS) is 11.4. The molecule has 35 heavy (non-hydrogen) atoms. The lowest BCUT2D eigenvalue weighted by Gasteiger charge is -2.20. The van der Waals surface area contributed by atoms with Gasteiger partial charge in [-0.1, -0.05) is 17.4 Å². The second kappa shape index (κ2) is 10.8. The Morgan fingerprint density at radius 2 is 1.77 bits per heavy atom. The van der Waals surface area contributed by atoms with Gasteiger partial charge in [0.1, 0.15) is 11.5 Å². The van der Waals surface area contributed by atoms with Gasteiger partial charge in [-0.15, -0.1) is 0 Å². The van der Waals surface area contributed by atoms with Crippen molar-refractivity contribution in [2.24, 2.45) is 0 Å². The Labute approximate surface area is 208 Å². The Morgan fingerprint density at radius 1 is 1.03 bits per heavy atom. The van der Waals surface area contributed by atoms with Crippen LogP contribution in [0, 0.1) is 0 Å². The van der Waals surface area contributed by atoms with E-state index in [-0.39, 0.29) is 35.9 Å². The van der Waals surface area contributed by atoms with Crippen LogP contribution in [0.15, 0.2) is 71.9 Å². The summed E-state index contributed by atoms with van der Waals surface area (Å²) in [6.45, 7) is 0.287. The molecule has 0 aliphatic rings. The van der Waals surface area contributed by atoms with E-state index in [1.54, 1.807) is 36.5 Å². The number of sulfone groups is 1. The molecule has 4 rings (SSSR count). The highest BCUT2D eigenvalue weighted by Crippen LogP contribution is 2.32. The SMILES string of the molecule is COc1ccc(S(=O)(=O)CCCC(=O)N(Cc2cccnc2)c2nc3ccc(OC)cc3s2)cc1. The van der Waals surface area contributed by atoms with Crippen molar-refractivity contribution in [1.82, 2.24) is 9.97 Å². The molecule has 8 nitrogen and oxygen atoms in total. The van der Waals surface area contributed by atoms with Crippen molar-refractivity contribution in [2.75, 3.05) is 24.9 Å². The van der Waals surface area contributed by atoms with Gasteiger partial charge in [0.15, 0.2) is 15.0 Å². The van der Waals surface area contributed by atoms with Crippen LogP contribution in [0.2, 0.25) is 0 Å². The number of hydrogen-bond acceptors (Lipinski definition) is 8. The van der Waals surface area contributed by atoms with Crippen LogP contribution >= 0.6 is 11.3 Å². The number of anilines is 1. The molecule has 0 spiro atoms. The lowest BCUT2D eigenvalue weighted by molar-refractivity contribution is -0.118. The number of carbonyl (C=O) groups excluding carboxylic acids is 1. The fourth-order valence-corrected chi connectivity index (χ4v) is 5.84. The van der Waals surface area contributed by atoms with Gasteiger partial charge in [0.25, 0.3) is 0 Å². The first kappa shape index (κ1) is 24.6. The van der Waals surface area contributed by atoms with Crippen molar-refractivity contribution in [2.45, 2.75) is 24.3 Å². The topological polar surface area (TPSA) is 98.7 Å². The molecule has 0 bridgehead atoms. The molecular formula is C25H25N3O5S2. The molecule has 0 aliphatic heterocycles. The molecule has 2 aromatic carbocycles. The van der Waals surface area contributed by atoms with Crippen LogP contribution in [0.1, 0.15) is 18.4 Å². The molecule has 0 fully saturated rings. The van der Waals surface area contributed by atoms with E-state index in [0.29, 0.717) is 16.6 Å². The molecule has 4 aromatic rings. The highest BCUT2D eigenvalue weighted by Gasteiger charge is 2.22. The Morgan fingerprint density at radius 3 is 2.46 bits per heavy atom. The van der Waals surface area contributed by atoms with Crippen LogP contribution in [-0.4, -0.2) is 44.3 Å². The summed E-state index contributed by atoms with van der Waals surface area (Å²) in [6, 6.07) is 15.5. The number of aromatic nitrogens is 2. The zero-order valence-corrected chi connectivity index (χ0v) is 21.0. The summed E-state index contributed by atoms with van der Waals surface area (Å²) in [6.07, 6.45) is 3.62. The minimum Gasteiger partial charge on any atom is -0.497 e. The molecule has 0 N–H and O–H groups in total. The largest absolute Gasteiger partial charge is 0.497 e. The molecule has 2 aromatic heterocycles. The highest BCUT2D eigenvalue weighted by atomic mass is 32.2. The van der Waals surface area contributed by atoms with Crippen LogP contribution in [0.25, 0.3) is 10.2 Å².